The quantitative estimate of drug-likeness (QED) is 0.568. The van der Waals surface area contributed by atoms with E-state index in [4.69, 9.17) is 4.98 Å². The van der Waals surface area contributed by atoms with Gasteiger partial charge in [-0.05, 0) is 43.4 Å². The molecule has 8 heteroatoms. The average molecular weight is 463 g/mol. The van der Waals surface area contributed by atoms with E-state index in [0.717, 1.165) is 38.5 Å². The zero-order valence-electron chi connectivity index (χ0n) is 18.3. The first kappa shape index (κ1) is 21.6. The molecule has 170 valence electrons. The number of likely N-dealkylation sites (tertiary alicyclic amines) is 1. The van der Waals surface area contributed by atoms with Crippen molar-refractivity contribution in [3.05, 3.63) is 65.2 Å². The number of thiazole rings is 1. The van der Waals surface area contributed by atoms with Gasteiger partial charge in [-0.25, -0.2) is 9.78 Å². The maximum Gasteiger partial charge on any atom is 0.325 e. The van der Waals surface area contributed by atoms with Crippen LogP contribution in [0.5, 0.6) is 0 Å². The number of rotatable bonds is 6. The Bertz CT molecular complexity index is 1150. The summed E-state index contributed by atoms with van der Waals surface area (Å²) in [5.41, 5.74) is 2.10. The van der Waals surface area contributed by atoms with Crippen molar-refractivity contribution in [1.82, 2.24) is 20.1 Å². The van der Waals surface area contributed by atoms with Crippen molar-refractivity contribution in [1.29, 1.82) is 0 Å². The van der Waals surface area contributed by atoms with Gasteiger partial charge in [-0.15, -0.1) is 11.3 Å². The Morgan fingerprint density at radius 3 is 2.70 bits per heavy atom. The number of hydrogen-bond acceptors (Lipinski definition) is 5. The van der Waals surface area contributed by atoms with E-state index in [2.05, 4.69) is 11.4 Å². The molecule has 0 aliphatic carbocycles. The van der Waals surface area contributed by atoms with E-state index >= 15 is 0 Å². The highest BCUT2D eigenvalue weighted by Gasteiger charge is 2.39. The third-order valence-electron chi connectivity index (χ3n) is 6.40. The van der Waals surface area contributed by atoms with Gasteiger partial charge in [0, 0.05) is 19.0 Å². The molecule has 0 unspecified atom stereocenters. The molecule has 1 aromatic heterocycles. The zero-order valence-corrected chi connectivity index (χ0v) is 19.1. The molecule has 0 saturated carbocycles. The van der Waals surface area contributed by atoms with Gasteiger partial charge in [0.1, 0.15) is 12.6 Å². The lowest BCUT2D eigenvalue weighted by Gasteiger charge is -2.32. The van der Waals surface area contributed by atoms with Crippen molar-refractivity contribution >= 4 is 39.4 Å². The van der Waals surface area contributed by atoms with Crippen molar-refractivity contribution in [2.45, 2.75) is 37.6 Å². The number of hydrogen-bond donors (Lipinski definition) is 1. The fourth-order valence-corrected chi connectivity index (χ4v) is 5.68. The normalized spacial score (nSPS) is 21.0. The first-order valence-corrected chi connectivity index (χ1v) is 12.2. The lowest BCUT2D eigenvalue weighted by atomic mass is 9.98. The molecule has 3 aromatic rings. The van der Waals surface area contributed by atoms with E-state index in [0.29, 0.717) is 25.9 Å². The number of aryl methyl sites for hydroxylation is 1. The van der Waals surface area contributed by atoms with Crippen LogP contribution < -0.4 is 5.32 Å². The lowest BCUT2D eigenvalue weighted by Crippen LogP contribution is -2.46. The number of para-hydroxylation sites is 1. The molecule has 4 amide bonds. The lowest BCUT2D eigenvalue weighted by molar-refractivity contribution is -0.138. The molecular formula is C25H26N4O3S. The number of urea groups is 1. The Kier molecular flexibility index (Phi) is 6.09. The zero-order chi connectivity index (χ0) is 22.8. The van der Waals surface area contributed by atoms with E-state index in [1.165, 1.54) is 0 Å². The third-order valence-corrected chi connectivity index (χ3v) is 7.60. The molecule has 2 atom stereocenters. The number of carbonyl (C=O) groups is 3. The molecular weight excluding hydrogens is 436 g/mol. The molecule has 2 aliphatic heterocycles. The summed E-state index contributed by atoms with van der Waals surface area (Å²) in [6.45, 7) is 1.00. The summed E-state index contributed by atoms with van der Waals surface area (Å²) in [4.78, 5) is 45.9. The van der Waals surface area contributed by atoms with E-state index in [-0.39, 0.29) is 24.3 Å². The number of aromatic nitrogens is 1. The predicted molar refractivity (Wildman–Crippen MR) is 127 cm³/mol. The Labute approximate surface area is 196 Å². The van der Waals surface area contributed by atoms with Crippen LogP contribution in [0.4, 0.5) is 4.79 Å². The van der Waals surface area contributed by atoms with Gasteiger partial charge in [-0.2, -0.15) is 0 Å². The number of amides is 4. The second-order valence-electron chi connectivity index (χ2n) is 8.65. The topological polar surface area (TPSA) is 82.6 Å². The van der Waals surface area contributed by atoms with E-state index < -0.39 is 12.1 Å². The molecule has 1 N–H and O–H groups in total. The van der Waals surface area contributed by atoms with Crippen LogP contribution in [0.25, 0.3) is 10.2 Å². The maximum absolute atomic E-state index is 13.0. The van der Waals surface area contributed by atoms with Crippen molar-refractivity contribution in [2.75, 3.05) is 19.6 Å². The second-order valence-corrected chi connectivity index (χ2v) is 9.71. The van der Waals surface area contributed by atoms with Gasteiger partial charge in [-0.1, -0.05) is 42.5 Å². The van der Waals surface area contributed by atoms with Crippen LogP contribution in [0.15, 0.2) is 54.6 Å². The Hall–Kier alpha value is -3.26. The van der Waals surface area contributed by atoms with E-state index in [1.807, 2.05) is 48.5 Å². The predicted octanol–water partition coefficient (Wildman–Crippen LogP) is 3.56. The summed E-state index contributed by atoms with van der Waals surface area (Å²) in [6.07, 6.45) is 3.07. The van der Waals surface area contributed by atoms with Crippen LogP contribution in [-0.2, 0) is 16.0 Å². The highest BCUT2D eigenvalue weighted by molar-refractivity contribution is 7.18. The van der Waals surface area contributed by atoms with E-state index in [1.54, 1.807) is 16.2 Å². The fraction of sp³-hybridized carbons (Fsp3) is 0.360. The molecule has 0 spiro atoms. The average Bonchev–Trinajstić information content (AvgIpc) is 3.40. The number of imide groups is 1. The Balaban J connectivity index is 1.19. The molecule has 2 saturated heterocycles. The summed E-state index contributed by atoms with van der Waals surface area (Å²) in [5, 5.41) is 3.79. The third kappa shape index (κ3) is 4.61. The van der Waals surface area contributed by atoms with Gasteiger partial charge in [0.25, 0.3) is 5.91 Å². The smallest absolute Gasteiger partial charge is 0.325 e. The Morgan fingerprint density at radius 2 is 1.88 bits per heavy atom. The first-order chi connectivity index (χ1) is 16.1. The molecule has 2 aromatic carbocycles. The largest absolute Gasteiger partial charge is 0.340 e. The van der Waals surface area contributed by atoms with Gasteiger partial charge in [-0.3, -0.25) is 14.5 Å². The fourth-order valence-electron chi connectivity index (χ4n) is 4.58. The molecule has 0 bridgehead atoms. The SMILES string of the molecule is O=C(CN1C(=O)N[C@H](CCc2ccccc2)C1=O)N1CCC[C@@H](c2nc3ccccc3s2)C1. The van der Waals surface area contributed by atoms with Crippen LogP contribution in [-0.4, -0.2) is 58.3 Å². The highest BCUT2D eigenvalue weighted by Crippen LogP contribution is 2.33. The minimum atomic E-state index is -0.581. The van der Waals surface area contributed by atoms with Crippen LogP contribution >= 0.6 is 11.3 Å². The van der Waals surface area contributed by atoms with Crippen molar-refractivity contribution < 1.29 is 14.4 Å². The van der Waals surface area contributed by atoms with Crippen molar-refractivity contribution in [3.63, 3.8) is 0 Å². The number of piperidine rings is 1. The van der Waals surface area contributed by atoms with Crippen LogP contribution in [0.2, 0.25) is 0 Å². The van der Waals surface area contributed by atoms with Crippen LogP contribution in [0.1, 0.15) is 35.8 Å². The summed E-state index contributed by atoms with van der Waals surface area (Å²) >= 11 is 1.68. The monoisotopic (exact) mass is 462 g/mol. The van der Waals surface area contributed by atoms with Crippen LogP contribution in [0, 0.1) is 0 Å². The number of carbonyl (C=O) groups excluding carboxylic acids is 3. The first-order valence-electron chi connectivity index (χ1n) is 11.4. The van der Waals surface area contributed by atoms with Gasteiger partial charge in [0.2, 0.25) is 5.91 Å². The number of benzene rings is 2. The maximum atomic E-state index is 13.0. The van der Waals surface area contributed by atoms with Crippen molar-refractivity contribution in [3.8, 4) is 0 Å². The minimum absolute atomic E-state index is 0.182. The summed E-state index contributed by atoms with van der Waals surface area (Å²) in [7, 11) is 0. The minimum Gasteiger partial charge on any atom is -0.340 e. The molecule has 0 radical (unpaired) electrons. The van der Waals surface area contributed by atoms with Gasteiger partial charge in [0.15, 0.2) is 0 Å². The molecule has 33 heavy (non-hydrogen) atoms. The molecule has 2 aliphatic rings. The number of nitrogens with one attached hydrogen (secondary N) is 1. The molecule has 5 rings (SSSR count). The summed E-state index contributed by atoms with van der Waals surface area (Å²) < 4.78 is 1.15. The standard InChI is InChI=1S/C25H26N4O3S/c30-22(16-29-24(31)20(27-25(29)32)13-12-17-7-2-1-3-8-17)28-14-6-9-18(15-28)23-26-19-10-4-5-11-21(19)33-23/h1-5,7-8,10-11,18,20H,6,9,12-16H2,(H,27,32)/t18-,20-/m1/s1. The summed E-state index contributed by atoms with van der Waals surface area (Å²) in [5.74, 6) is -0.320. The van der Waals surface area contributed by atoms with Crippen LogP contribution in [0.3, 0.4) is 0 Å². The van der Waals surface area contributed by atoms with Gasteiger partial charge in [0.05, 0.1) is 15.2 Å². The van der Waals surface area contributed by atoms with E-state index in [9.17, 15) is 14.4 Å². The molecule has 2 fully saturated rings. The molecule has 7 nitrogen and oxygen atoms in total. The van der Waals surface area contributed by atoms with Gasteiger partial charge >= 0.3 is 6.03 Å². The highest BCUT2D eigenvalue weighted by atomic mass is 32.1. The van der Waals surface area contributed by atoms with Crippen molar-refractivity contribution in [2.24, 2.45) is 0 Å². The molecule has 3 heterocycles. The number of nitrogens with zero attached hydrogens (tertiary/aromatic N) is 3. The summed E-state index contributed by atoms with van der Waals surface area (Å²) in [6, 6.07) is 16.9. The Morgan fingerprint density at radius 1 is 1.09 bits per heavy atom. The van der Waals surface area contributed by atoms with Gasteiger partial charge < -0.3 is 10.2 Å². The second kappa shape index (κ2) is 9.31. The number of fused-ring (bicyclic) bond motifs is 1.